The fourth-order valence-electron chi connectivity index (χ4n) is 5.30. The minimum absolute atomic E-state index is 0.643. The summed E-state index contributed by atoms with van der Waals surface area (Å²) < 4.78 is 0. The molecule has 1 heterocycles. The normalized spacial score (nSPS) is 15.8. The highest BCUT2D eigenvalue weighted by atomic mass is 15.4. The van der Waals surface area contributed by atoms with Gasteiger partial charge in [0, 0.05) is 25.5 Å². The lowest BCUT2D eigenvalue weighted by Crippen LogP contribution is -2.39. The third-order valence-electron chi connectivity index (χ3n) is 7.57. The molecule has 0 spiro atoms. The van der Waals surface area contributed by atoms with Crippen molar-refractivity contribution >= 4 is 0 Å². The van der Waals surface area contributed by atoms with Gasteiger partial charge in [-0.3, -0.25) is 0 Å². The van der Waals surface area contributed by atoms with Crippen LogP contribution in [0.2, 0.25) is 0 Å². The molecule has 0 aromatic carbocycles. The Morgan fingerprint density at radius 2 is 0.697 bits per heavy atom. The summed E-state index contributed by atoms with van der Waals surface area (Å²) in [5, 5.41) is 0. The average molecular weight is 463 g/mol. The van der Waals surface area contributed by atoms with E-state index in [0.717, 1.165) is 0 Å². The highest BCUT2D eigenvalue weighted by molar-refractivity contribution is 4.96. The molecule has 0 aliphatic carbocycles. The van der Waals surface area contributed by atoms with Gasteiger partial charge in [0.05, 0.1) is 0 Å². The molecule has 0 fully saturated rings. The van der Waals surface area contributed by atoms with E-state index >= 15 is 0 Å². The van der Waals surface area contributed by atoms with Gasteiger partial charge >= 0.3 is 0 Å². The molecule has 1 rings (SSSR count). The van der Waals surface area contributed by atoms with Crippen LogP contribution in [0.15, 0.2) is 12.4 Å². The minimum Gasteiger partial charge on any atom is -0.356 e. The van der Waals surface area contributed by atoms with Crippen LogP contribution in [0.25, 0.3) is 0 Å². The van der Waals surface area contributed by atoms with Crippen LogP contribution in [-0.4, -0.2) is 29.1 Å². The van der Waals surface area contributed by atoms with Gasteiger partial charge in [-0.25, -0.2) is 0 Å². The van der Waals surface area contributed by atoms with Gasteiger partial charge in [-0.1, -0.05) is 143 Å². The van der Waals surface area contributed by atoms with Crippen molar-refractivity contribution in [3.8, 4) is 0 Å². The van der Waals surface area contributed by atoms with E-state index in [1.807, 2.05) is 0 Å². The number of unbranched alkanes of at least 4 members (excludes halogenated alkanes) is 19. The largest absolute Gasteiger partial charge is 0.356 e. The molecule has 196 valence electrons. The van der Waals surface area contributed by atoms with E-state index in [1.54, 1.807) is 0 Å². The summed E-state index contributed by atoms with van der Waals surface area (Å²) in [4.78, 5) is 5.35. The maximum absolute atomic E-state index is 2.68. The number of hydrogen-bond donors (Lipinski definition) is 0. The Hall–Kier alpha value is -0.660. The van der Waals surface area contributed by atoms with E-state index in [4.69, 9.17) is 0 Å². The van der Waals surface area contributed by atoms with E-state index in [1.165, 1.54) is 161 Å². The molecule has 0 bridgehead atoms. The van der Waals surface area contributed by atoms with Crippen molar-refractivity contribution < 1.29 is 0 Å². The predicted molar refractivity (Wildman–Crippen MR) is 150 cm³/mol. The lowest BCUT2D eigenvalue weighted by Gasteiger charge is -2.33. The lowest BCUT2D eigenvalue weighted by molar-refractivity contribution is 0.135. The van der Waals surface area contributed by atoms with Crippen LogP contribution in [0, 0.1) is 0 Å². The summed E-state index contributed by atoms with van der Waals surface area (Å²) in [7, 11) is 0. The molecule has 0 N–H and O–H groups in total. The standard InChI is InChI=1S/C31H62N2/c1-4-7-10-12-14-16-18-20-22-25-28-33-30-29-32(27-24-9-6-3)31(33)26-23-21-19-17-15-13-11-8-5-2/h29-31H,4-28H2,1-3H3. The molecule has 1 unspecified atom stereocenters. The van der Waals surface area contributed by atoms with Crippen molar-refractivity contribution in [2.24, 2.45) is 0 Å². The summed E-state index contributed by atoms with van der Waals surface area (Å²) in [6.07, 6.45) is 38.0. The molecule has 1 aliphatic heterocycles. The van der Waals surface area contributed by atoms with Crippen molar-refractivity contribution in [3.05, 3.63) is 12.4 Å². The summed E-state index contributed by atoms with van der Waals surface area (Å²) in [5.41, 5.74) is 0. The van der Waals surface area contributed by atoms with E-state index < -0.39 is 0 Å². The maximum Gasteiger partial charge on any atom is 0.101 e. The number of nitrogens with zero attached hydrogens (tertiary/aromatic N) is 2. The van der Waals surface area contributed by atoms with Gasteiger partial charge in [0.2, 0.25) is 0 Å². The van der Waals surface area contributed by atoms with Crippen LogP contribution in [0.5, 0.6) is 0 Å². The maximum atomic E-state index is 2.68. The first-order chi connectivity index (χ1) is 16.3. The molecule has 0 amide bonds. The molecule has 0 aromatic rings. The van der Waals surface area contributed by atoms with Gasteiger partial charge < -0.3 is 9.80 Å². The van der Waals surface area contributed by atoms with Crippen LogP contribution in [-0.2, 0) is 0 Å². The number of rotatable bonds is 25. The Morgan fingerprint density at radius 3 is 1.12 bits per heavy atom. The first-order valence-corrected chi connectivity index (χ1v) is 15.5. The summed E-state index contributed by atoms with van der Waals surface area (Å²) >= 11 is 0. The quantitative estimate of drug-likeness (QED) is 0.124. The van der Waals surface area contributed by atoms with Gasteiger partial charge in [0.15, 0.2) is 0 Å². The first kappa shape index (κ1) is 30.4. The second-order valence-corrected chi connectivity index (χ2v) is 10.8. The topological polar surface area (TPSA) is 6.48 Å². The van der Waals surface area contributed by atoms with Crippen LogP contribution in [0.3, 0.4) is 0 Å². The first-order valence-electron chi connectivity index (χ1n) is 15.5. The van der Waals surface area contributed by atoms with Crippen LogP contribution < -0.4 is 0 Å². The highest BCUT2D eigenvalue weighted by Crippen LogP contribution is 2.23. The Morgan fingerprint density at radius 1 is 0.394 bits per heavy atom. The molecule has 0 saturated heterocycles. The highest BCUT2D eigenvalue weighted by Gasteiger charge is 2.24. The Balaban J connectivity index is 2.18. The fourth-order valence-corrected chi connectivity index (χ4v) is 5.30. The predicted octanol–water partition coefficient (Wildman–Crippen LogP) is 10.4. The van der Waals surface area contributed by atoms with Crippen molar-refractivity contribution in [2.45, 2.75) is 175 Å². The molecule has 0 saturated carbocycles. The van der Waals surface area contributed by atoms with Crippen molar-refractivity contribution in [2.75, 3.05) is 13.1 Å². The van der Waals surface area contributed by atoms with Crippen molar-refractivity contribution in [3.63, 3.8) is 0 Å². The molecule has 2 heteroatoms. The molecule has 0 aromatic heterocycles. The molecule has 1 atom stereocenters. The third kappa shape index (κ3) is 16.6. The summed E-state index contributed by atoms with van der Waals surface area (Å²) in [6.45, 7) is 9.45. The zero-order valence-electron chi connectivity index (χ0n) is 23.3. The average Bonchev–Trinajstić information content (AvgIpc) is 3.21. The molecule has 0 radical (unpaired) electrons. The van der Waals surface area contributed by atoms with Crippen LogP contribution in [0.4, 0.5) is 0 Å². The molecular formula is C31H62N2. The van der Waals surface area contributed by atoms with Crippen molar-refractivity contribution in [1.82, 2.24) is 9.80 Å². The molecular weight excluding hydrogens is 400 g/mol. The summed E-state index contributed by atoms with van der Waals surface area (Å²) in [6, 6.07) is 0. The van der Waals surface area contributed by atoms with E-state index in [2.05, 4.69) is 43.0 Å². The minimum atomic E-state index is 0.643. The van der Waals surface area contributed by atoms with Gasteiger partial charge in [0.1, 0.15) is 6.17 Å². The zero-order valence-corrected chi connectivity index (χ0v) is 23.3. The van der Waals surface area contributed by atoms with E-state index in [0.29, 0.717) is 6.17 Å². The smallest absolute Gasteiger partial charge is 0.101 e. The second kappa shape index (κ2) is 23.1. The number of hydrogen-bond acceptors (Lipinski definition) is 2. The fraction of sp³-hybridized carbons (Fsp3) is 0.935. The van der Waals surface area contributed by atoms with Gasteiger partial charge in [-0.05, 0) is 25.7 Å². The van der Waals surface area contributed by atoms with Gasteiger partial charge in [-0.15, -0.1) is 0 Å². The molecule has 33 heavy (non-hydrogen) atoms. The van der Waals surface area contributed by atoms with Gasteiger partial charge in [-0.2, -0.15) is 0 Å². The molecule has 2 nitrogen and oxygen atoms in total. The third-order valence-corrected chi connectivity index (χ3v) is 7.57. The van der Waals surface area contributed by atoms with Crippen LogP contribution in [0.1, 0.15) is 168 Å². The Bertz CT molecular complexity index is 419. The Kier molecular flexibility index (Phi) is 21.3. The second-order valence-electron chi connectivity index (χ2n) is 10.8. The zero-order chi connectivity index (χ0) is 23.8. The van der Waals surface area contributed by atoms with Gasteiger partial charge in [0.25, 0.3) is 0 Å². The summed E-state index contributed by atoms with van der Waals surface area (Å²) in [5.74, 6) is 0. The van der Waals surface area contributed by atoms with Crippen LogP contribution >= 0.6 is 0 Å². The van der Waals surface area contributed by atoms with Crippen molar-refractivity contribution in [1.29, 1.82) is 0 Å². The molecule has 1 aliphatic rings. The SMILES string of the molecule is CCCCCCCCCCCCN1C=CN(CCCCC)C1CCCCCCCCCCC. The monoisotopic (exact) mass is 462 g/mol. The Labute approximate surface area is 210 Å². The lowest BCUT2D eigenvalue weighted by atomic mass is 10.0. The van der Waals surface area contributed by atoms with E-state index in [-0.39, 0.29) is 0 Å². The van der Waals surface area contributed by atoms with E-state index in [9.17, 15) is 0 Å².